The summed E-state index contributed by atoms with van der Waals surface area (Å²) >= 11 is 0. The van der Waals surface area contributed by atoms with E-state index in [-0.39, 0.29) is 6.10 Å². The first-order chi connectivity index (χ1) is 5.51. The molecule has 12 heavy (non-hydrogen) atoms. The third-order valence-electron chi connectivity index (χ3n) is 1.97. The zero-order valence-electron chi connectivity index (χ0n) is 7.05. The SMILES string of the molecule is CCN1CCC(O[P+](O)(O)O)C1. The van der Waals surface area contributed by atoms with E-state index in [1.807, 2.05) is 6.92 Å². The molecule has 5 nitrogen and oxygen atoms in total. The van der Waals surface area contributed by atoms with Gasteiger partial charge in [-0.3, -0.25) is 0 Å². The van der Waals surface area contributed by atoms with E-state index < -0.39 is 8.17 Å². The monoisotopic (exact) mass is 196 g/mol. The van der Waals surface area contributed by atoms with Crippen LogP contribution in [-0.4, -0.2) is 45.3 Å². The van der Waals surface area contributed by atoms with Gasteiger partial charge in [0, 0.05) is 13.1 Å². The molecule has 1 heterocycles. The molecule has 0 amide bonds. The van der Waals surface area contributed by atoms with Gasteiger partial charge in [0.2, 0.25) is 0 Å². The molecule has 0 aromatic rings. The highest BCUT2D eigenvalue weighted by atomic mass is 31.2. The molecule has 6 heteroatoms. The van der Waals surface area contributed by atoms with Crippen molar-refractivity contribution in [3.63, 3.8) is 0 Å². The Balaban J connectivity index is 2.28. The molecule has 0 saturated carbocycles. The van der Waals surface area contributed by atoms with E-state index in [0.29, 0.717) is 6.54 Å². The Morgan fingerprint density at radius 3 is 2.58 bits per heavy atom. The maximum Gasteiger partial charge on any atom is 0.567 e. The average Bonchev–Trinajstić information content (AvgIpc) is 2.32. The molecular formula is C6H15NO4P+. The largest absolute Gasteiger partial charge is 0.567 e. The summed E-state index contributed by atoms with van der Waals surface area (Å²) in [7, 11) is -4.03. The summed E-state index contributed by atoms with van der Waals surface area (Å²) in [5, 5.41) is 0. The fourth-order valence-electron chi connectivity index (χ4n) is 1.37. The first kappa shape index (κ1) is 10.3. The first-order valence-corrected chi connectivity index (χ1v) is 5.56. The summed E-state index contributed by atoms with van der Waals surface area (Å²) < 4.78 is 4.67. The highest BCUT2D eigenvalue weighted by molar-refractivity contribution is 7.53. The molecular weight excluding hydrogens is 181 g/mol. The number of hydrogen-bond acceptors (Lipinski definition) is 5. The molecule has 0 aliphatic carbocycles. The van der Waals surface area contributed by atoms with Crippen molar-refractivity contribution in [1.29, 1.82) is 0 Å². The van der Waals surface area contributed by atoms with Crippen LogP contribution in [0.1, 0.15) is 13.3 Å². The lowest BCUT2D eigenvalue weighted by Crippen LogP contribution is -2.22. The summed E-state index contributed by atoms with van der Waals surface area (Å²) in [6.07, 6.45) is 0.510. The summed E-state index contributed by atoms with van der Waals surface area (Å²) in [5.41, 5.74) is 0. The highest BCUT2D eigenvalue weighted by Crippen LogP contribution is 2.48. The van der Waals surface area contributed by atoms with E-state index >= 15 is 0 Å². The topological polar surface area (TPSA) is 73.2 Å². The van der Waals surface area contributed by atoms with Crippen LogP contribution in [0.3, 0.4) is 0 Å². The molecule has 0 aromatic carbocycles. The number of hydrogen-bond donors (Lipinski definition) is 3. The summed E-state index contributed by atoms with van der Waals surface area (Å²) in [6, 6.07) is 0. The number of nitrogens with zero attached hydrogens (tertiary/aromatic N) is 1. The molecule has 1 aliphatic heterocycles. The Morgan fingerprint density at radius 1 is 1.50 bits per heavy atom. The van der Waals surface area contributed by atoms with Gasteiger partial charge in [-0.25, -0.2) is 0 Å². The Hall–Kier alpha value is 0.230. The second-order valence-corrected chi connectivity index (χ2v) is 4.16. The summed E-state index contributed by atoms with van der Waals surface area (Å²) in [5.74, 6) is 0. The Morgan fingerprint density at radius 2 is 2.17 bits per heavy atom. The molecule has 0 aromatic heterocycles. The van der Waals surface area contributed by atoms with Crippen molar-refractivity contribution in [3.05, 3.63) is 0 Å². The van der Waals surface area contributed by atoms with Crippen LogP contribution in [0, 0.1) is 0 Å². The van der Waals surface area contributed by atoms with Crippen LogP contribution in [0.25, 0.3) is 0 Å². The molecule has 0 spiro atoms. The standard InChI is InChI=1S/C6H15NO4P/c1-2-7-4-3-6(5-7)11-12(8,9)10/h6,8-10H,2-5H2,1H3/q+1. The first-order valence-electron chi connectivity index (χ1n) is 3.99. The number of likely N-dealkylation sites (tertiary alicyclic amines) is 1. The second kappa shape index (κ2) is 3.96. The Bertz CT molecular complexity index is 149. The molecule has 1 rings (SSSR count). The van der Waals surface area contributed by atoms with E-state index in [0.717, 1.165) is 19.5 Å². The van der Waals surface area contributed by atoms with Gasteiger partial charge in [-0.15, -0.1) is 4.52 Å². The van der Waals surface area contributed by atoms with Crippen molar-refractivity contribution >= 4 is 8.17 Å². The quantitative estimate of drug-likeness (QED) is 0.543. The van der Waals surface area contributed by atoms with Gasteiger partial charge >= 0.3 is 8.17 Å². The minimum Gasteiger partial charge on any atom is -0.301 e. The van der Waals surface area contributed by atoms with Crippen molar-refractivity contribution in [2.45, 2.75) is 19.4 Å². The molecule has 1 fully saturated rings. The van der Waals surface area contributed by atoms with Crippen LogP contribution in [0.2, 0.25) is 0 Å². The molecule has 0 radical (unpaired) electrons. The Labute approximate surface area is 72.2 Å². The number of rotatable bonds is 3. The smallest absolute Gasteiger partial charge is 0.301 e. The van der Waals surface area contributed by atoms with Crippen LogP contribution in [0.15, 0.2) is 0 Å². The van der Waals surface area contributed by atoms with Gasteiger partial charge in [-0.05, 0) is 13.0 Å². The fraction of sp³-hybridized carbons (Fsp3) is 1.00. The Kier molecular flexibility index (Phi) is 3.40. The second-order valence-electron chi connectivity index (χ2n) is 2.92. The minimum absolute atomic E-state index is 0.238. The van der Waals surface area contributed by atoms with Gasteiger partial charge in [0.25, 0.3) is 0 Å². The molecule has 3 N–H and O–H groups in total. The van der Waals surface area contributed by atoms with E-state index in [2.05, 4.69) is 9.42 Å². The average molecular weight is 196 g/mol. The molecule has 1 aliphatic rings. The van der Waals surface area contributed by atoms with Gasteiger partial charge < -0.3 is 4.90 Å². The predicted molar refractivity (Wildman–Crippen MR) is 45.2 cm³/mol. The van der Waals surface area contributed by atoms with Crippen molar-refractivity contribution in [2.75, 3.05) is 19.6 Å². The minimum atomic E-state index is -4.03. The molecule has 0 bridgehead atoms. The third-order valence-corrected chi connectivity index (χ3v) is 2.55. The van der Waals surface area contributed by atoms with Crippen molar-refractivity contribution < 1.29 is 19.2 Å². The van der Waals surface area contributed by atoms with E-state index in [9.17, 15) is 0 Å². The summed E-state index contributed by atoms with van der Waals surface area (Å²) in [6.45, 7) is 4.51. The van der Waals surface area contributed by atoms with Gasteiger partial charge in [-0.2, -0.15) is 14.7 Å². The van der Waals surface area contributed by atoms with Crippen molar-refractivity contribution in [3.8, 4) is 0 Å². The fourth-order valence-corrected chi connectivity index (χ4v) is 1.94. The maximum absolute atomic E-state index is 8.62. The van der Waals surface area contributed by atoms with Gasteiger partial charge in [-0.1, -0.05) is 6.92 Å². The van der Waals surface area contributed by atoms with Gasteiger partial charge in [0.15, 0.2) is 0 Å². The van der Waals surface area contributed by atoms with Crippen LogP contribution < -0.4 is 0 Å². The zero-order chi connectivity index (χ0) is 9.19. The zero-order valence-corrected chi connectivity index (χ0v) is 7.94. The molecule has 72 valence electrons. The lowest BCUT2D eigenvalue weighted by Gasteiger charge is -2.12. The van der Waals surface area contributed by atoms with Gasteiger partial charge in [0.1, 0.15) is 6.10 Å². The highest BCUT2D eigenvalue weighted by Gasteiger charge is 2.39. The molecule has 1 atom stereocenters. The lowest BCUT2D eigenvalue weighted by atomic mass is 10.3. The summed E-state index contributed by atoms with van der Waals surface area (Å²) in [4.78, 5) is 28.0. The van der Waals surface area contributed by atoms with E-state index in [4.69, 9.17) is 14.7 Å². The van der Waals surface area contributed by atoms with Crippen molar-refractivity contribution in [1.82, 2.24) is 4.90 Å². The number of likely N-dealkylation sites (N-methyl/N-ethyl adjacent to an activating group) is 1. The lowest BCUT2D eigenvalue weighted by molar-refractivity contribution is 0.109. The van der Waals surface area contributed by atoms with Crippen LogP contribution in [0.5, 0.6) is 0 Å². The molecule has 1 saturated heterocycles. The normalized spacial score (nSPS) is 26.5. The van der Waals surface area contributed by atoms with Crippen LogP contribution >= 0.6 is 8.17 Å². The maximum atomic E-state index is 8.62. The van der Waals surface area contributed by atoms with Crippen LogP contribution in [0.4, 0.5) is 0 Å². The van der Waals surface area contributed by atoms with E-state index in [1.54, 1.807) is 0 Å². The predicted octanol–water partition coefficient (Wildman–Crippen LogP) is -0.248. The van der Waals surface area contributed by atoms with Gasteiger partial charge in [0.05, 0.1) is 0 Å². The van der Waals surface area contributed by atoms with E-state index in [1.165, 1.54) is 0 Å². The third kappa shape index (κ3) is 3.31. The van der Waals surface area contributed by atoms with Crippen LogP contribution in [-0.2, 0) is 4.52 Å². The molecule has 1 unspecified atom stereocenters. The van der Waals surface area contributed by atoms with Crippen molar-refractivity contribution in [2.24, 2.45) is 0 Å².